The number of H-pyrrole nitrogens is 1. The number of halogens is 1. The number of nitrogens with zero attached hydrogens (tertiary/aromatic N) is 2. The Bertz CT molecular complexity index is 414. The van der Waals surface area contributed by atoms with Gasteiger partial charge in [-0.15, -0.1) is 0 Å². The summed E-state index contributed by atoms with van der Waals surface area (Å²) in [7, 11) is 4.00. The molecule has 1 rings (SSSR count). The molecule has 0 atom stereocenters. The molecule has 1 heterocycles. The third-order valence-electron chi connectivity index (χ3n) is 2.72. The van der Waals surface area contributed by atoms with Gasteiger partial charge in [-0.05, 0) is 27.9 Å². The fraction of sp³-hybridized carbons (Fsp3) is 0.600. The highest BCUT2D eigenvalue weighted by atomic mass is 35.5. The molecule has 0 saturated heterocycles. The molecule has 5 nitrogen and oxygen atoms in total. The standard InChI is InChI=1S/C10H17ClN4O/c1-10(2,15(3)4)6-12-7-5-13-14-9(16)8(7)11/h5H,6H2,1-4H3,(H2,12,14,16). The molecule has 16 heavy (non-hydrogen) atoms. The van der Waals surface area contributed by atoms with Crippen molar-refractivity contribution in [2.24, 2.45) is 0 Å². The number of anilines is 1. The van der Waals surface area contributed by atoms with Gasteiger partial charge < -0.3 is 10.2 Å². The molecule has 0 saturated carbocycles. The summed E-state index contributed by atoms with van der Waals surface area (Å²) in [5.74, 6) is 0. The molecule has 0 bridgehead atoms. The fourth-order valence-corrected chi connectivity index (χ4v) is 1.13. The number of hydrogen-bond donors (Lipinski definition) is 2. The highest BCUT2D eigenvalue weighted by Crippen LogP contribution is 2.17. The second-order valence-corrected chi connectivity index (χ2v) is 4.87. The molecule has 0 aliphatic heterocycles. The van der Waals surface area contributed by atoms with E-state index in [1.54, 1.807) is 0 Å². The minimum atomic E-state index is -0.380. The van der Waals surface area contributed by atoms with Gasteiger partial charge in [-0.2, -0.15) is 5.10 Å². The first-order valence-electron chi connectivity index (χ1n) is 4.99. The molecule has 90 valence electrons. The van der Waals surface area contributed by atoms with Crippen molar-refractivity contribution in [3.8, 4) is 0 Å². The number of likely N-dealkylation sites (N-methyl/N-ethyl adjacent to an activating group) is 1. The van der Waals surface area contributed by atoms with Gasteiger partial charge in [0.05, 0.1) is 11.9 Å². The Morgan fingerprint density at radius 1 is 1.56 bits per heavy atom. The van der Waals surface area contributed by atoms with Crippen LogP contribution in [0.1, 0.15) is 13.8 Å². The topological polar surface area (TPSA) is 61.0 Å². The van der Waals surface area contributed by atoms with Crippen molar-refractivity contribution >= 4 is 17.3 Å². The molecule has 0 aromatic carbocycles. The molecule has 0 radical (unpaired) electrons. The molecule has 0 fully saturated rings. The molecule has 2 N–H and O–H groups in total. The zero-order valence-corrected chi connectivity index (χ0v) is 10.7. The van der Waals surface area contributed by atoms with E-state index in [0.29, 0.717) is 12.2 Å². The first-order chi connectivity index (χ1) is 7.34. The quantitative estimate of drug-likeness (QED) is 0.835. The first-order valence-corrected chi connectivity index (χ1v) is 5.37. The van der Waals surface area contributed by atoms with Gasteiger partial charge in [0.25, 0.3) is 5.56 Å². The van der Waals surface area contributed by atoms with Crippen molar-refractivity contribution in [2.75, 3.05) is 26.0 Å². The predicted molar refractivity (Wildman–Crippen MR) is 66.1 cm³/mol. The van der Waals surface area contributed by atoms with Crippen molar-refractivity contribution in [1.29, 1.82) is 0 Å². The number of aromatic amines is 1. The molecule has 0 aliphatic rings. The number of rotatable bonds is 4. The van der Waals surface area contributed by atoms with Crippen LogP contribution in [0, 0.1) is 0 Å². The molecular formula is C10H17ClN4O. The number of aromatic nitrogens is 2. The smallest absolute Gasteiger partial charge is 0.285 e. The highest BCUT2D eigenvalue weighted by molar-refractivity contribution is 6.32. The van der Waals surface area contributed by atoms with Crippen LogP contribution in [0.25, 0.3) is 0 Å². The van der Waals surface area contributed by atoms with Crippen LogP contribution in [0.15, 0.2) is 11.0 Å². The van der Waals surface area contributed by atoms with E-state index in [1.165, 1.54) is 6.20 Å². The second kappa shape index (κ2) is 4.84. The monoisotopic (exact) mass is 244 g/mol. The second-order valence-electron chi connectivity index (χ2n) is 4.49. The van der Waals surface area contributed by atoms with E-state index in [4.69, 9.17) is 11.6 Å². The minimum Gasteiger partial charge on any atom is -0.381 e. The van der Waals surface area contributed by atoms with Gasteiger partial charge in [-0.25, -0.2) is 5.10 Å². The fourth-order valence-electron chi connectivity index (χ4n) is 0.976. The minimum absolute atomic E-state index is 0.0358. The summed E-state index contributed by atoms with van der Waals surface area (Å²) in [4.78, 5) is 13.3. The Morgan fingerprint density at radius 3 is 2.75 bits per heavy atom. The van der Waals surface area contributed by atoms with Crippen LogP contribution < -0.4 is 10.9 Å². The van der Waals surface area contributed by atoms with Crippen molar-refractivity contribution in [3.05, 3.63) is 21.6 Å². The molecule has 0 unspecified atom stereocenters. The summed E-state index contributed by atoms with van der Waals surface area (Å²) >= 11 is 5.84. The maximum absolute atomic E-state index is 11.2. The summed E-state index contributed by atoms with van der Waals surface area (Å²) in [6.07, 6.45) is 1.51. The Balaban J connectivity index is 2.76. The van der Waals surface area contributed by atoms with Gasteiger partial charge in [0.1, 0.15) is 5.02 Å². The van der Waals surface area contributed by atoms with Crippen molar-refractivity contribution < 1.29 is 0 Å². The van der Waals surface area contributed by atoms with E-state index in [-0.39, 0.29) is 16.1 Å². The van der Waals surface area contributed by atoms with E-state index in [9.17, 15) is 4.79 Å². The Morgan fingerprint density at radius 2 is 2.19 bits per heavy atom. The van der Waals surface area contributed by atoms with Gasteiger partial charge in [0, 0.05) is 12.1 Å². The maximum atomic E-state index is 11.2. The molecular weight excluding hydrogens is 228 g/mol. The zero-order valence-electron chi connectivity index (χ0n) is 9.97. The molecule has 0 aliphatic carbocycles. The summed E-state index contributed by atoms with van der Waals surface area (Å²) in [5, 5.41) is 9.23. The summed E-state index contributed by atoms with van der Waals surface area (Å²) in [6.45, 7) is 4.86. The maximum Gasteiger partial charge on any atom is 0.285 e. The van der Waals surface area contributed by atoms with E-state index in [2.05, 4.69) is 34.3 Å². The van der Waals surface area contributed by atoms with Crippen molar-refractivity contribution in [1.82, 2.24) is 15.1 Å². The van der Waals surface area contributed by atoms with Crippen molar-refractivity contribution in [3.63, 3.8) is 0 Å². The van der Waals surface area contributed by atoms with E-state index in [0.717, 1.165) is 0 Å². The van der Waals surface area contributed by atoms with Crippen LogP contribution in [0.2, 0.25) is 5.02 Å². The predicted octanol–water partition coefficient (Wildman–Crippen LogP) is 1.18. The normalized spacial score (nSPS) is 11.9. The molecule has 0 spiro atoms. The van der Waals surface area contributed by atoms with E-state index >= 15 is 0 Å². The van der Waals surface area contributed by atoms with Crippen LogP contribution in [-0.2, 0) is 0 Å². The van der Waals surface area contributed by atoms with E-state index in [1.807, 2.05) is 14.1 Å². The Kier molecular flexibility index (Phi) is 3.93. The van der Waals surface area contributed by atoms with Gasteiger partial charge >= 0.3 is 0 Å². The highest BCUT2D eigenvalue weighted by Gasteiger charge is 2.20. The molecule has 1 aromatic heterocycles. The van der Waals surface area contributed by atoms with Crippen LogP contribution >= 0.6 is 11.6 Å². The lowest BCUT2D eigenvalue weighted by atomic mass is 10.0. The number of hydrogen-bond acceptors (Lipinski definition) is 4. The molecule has 0 amide bonds. The summed E-state index contributed by atoms with van der Waals surface area (Å²) in [5.41, 5.74) is 0.140. The van der Waals surface area contributed by atoms with E-state index < -0.39 is 0 Å². The SMILES string of the molecule is CN(C)C(C)(C)CNc1cn[nH]c(=O)c1Cl. The van der Waals surface area contributed by atoms with Crippen molar-refractivity contribution in [2.45, 2.75) is 19.4 Å². The largest absolute Gasteiger partial charge is 0.381 e. The third-order valence-corrected chi connectivity index (χ3v) is 3.09. The average Bonchev–Trinajstić information content (AvgIpc) is 2.20. The lowest BCUT2D eigenvalue weighted by Crippen LogP contribution is -2.44. The molecule has 1 aromatic rings. The third kappa shape index (κ3) is 2.96. The Labute approximate surface area is 99.8 Å². The average molecular weight is 245 g/mol. The van der Waals surface area contributed by atoms with Crippen LogP contribution in [0.3, 0.4) is 0 Å². The van der Waals surface area contributed by atoms with Gasteiger partial charge in [0.15, 0.2) is 0 Å². The van der Waals surface area contributed by atoms with Gasteiger partial charge in [0.2, 0.25) is 0 Å². The van der Waals surface area contributed by atoms with Gasteiger partial charge in [-0.1, -0.05) is 11.6 Å². The van der Waals surface area contributed by atoms with Gasteiger partial charge in [-0.3, -0.25) is 4.79 Å². The first kappa shape index (κ1) is 13.0. The summed E-state index contributed by atoms with van der Waals surface area (Å²) < 4.78 is 0. The summed E-state index contributed by atoms with van der Waals surface area (Å²) in [6, 6.07) is 0. The zero-order chi connectivity index (χ0) is 12.3. The van der Waals surface area contributed by atoms with Crippen LogP contribution in [-0.4, -0.2) is 41.3 Å². The lowest BCUT2D eigenvalue weighted by Gasteiger charge is -2.33. The number of nitrogens with one attached hydrogen (secondary N) is 2. The lowest BCUT2D eigenvalue weighted by molar-refractivity contribution is 0.210. The van der Waals surface area contributed by atoms with Crippen LogP contribution in [0.4, 0.5) is 5.69 Å². The Hall–Kier alpha value is -1.07. The van der Waals surface area contributed by atoms with Crippen LogP contribution in [0.5, 0.6) is 0 Å². The molecule has 6 heteroatoms.